The van der Waals surface area contributed by atoms with E-state index in [-0.39, 0.29) is 11.6 Å². The molecule has 0 aliphatic rings. The van der Waals surface area contributed by atoms with Crippen molar-refractivity contribution in [2.45, 2.75) is 6.92 Å². The number of ketones is 2. The molecule has 5 aromatic rings. The Labute approximate surface area is 205 Å². The molecule has 0 fully saturated rings. The number of benzene rings is 5. The van der Waals surface area contributed by atoms with Crippen molar-refractivity contribution in [2.24, 2.45) is 0 Å². The van der Waals surface area contributed by atoms with Crippen molar-refractivity contribution >= 4 is 11.6 Å². The zero-order chi connectivity index (χ0) is 24.2. The first-order chi connectivity index (χ1) is 17.1. The molecule has 35 heavy (non-hydrogen) atoms. The molecule has 0 radical (unpaired) electrons. The van der Waals surface area contributed by atoms with Gasteiger partial charge in [-0.05, 0) is 30.2 Å². The van der Waals surface area contributed by atoms with Crippen LogP contribution < -0.4 is 0 Å². The van der Waals surface area contributed by atoms with E-state index >= 15 is 0 Å². The highest BCUT2D eigenvalue weighted by Gasteiger charge is 2.24. The predicted molar refractivity (Wildman–Crippen MR) is 142 cm³/mol. The summed E-state index contributed by atoms with van der Waals surface area (Å²) in [5.74, 6) is -0.143. The average Bonchev–Trinajstić information content (AvgIpc) is 2.93. The van der Waals surface area contributed by atoms with E-state index in [0.29, 0.717) is 22.3 Å². The van der Waals surface area contributed by atoms with Gasteiger partial charge in [0.15, 0.2) is 11.6 Å². The summed E-state index contributed by atoms with van der Waals surface area (Å²) in [6.07, 6.45) is 0. The minimum Gasteiger partial charge on any atom is -0.289 e. The molecule has 2 nitrogen and oxygen atoms in total. The van der Waals surface area contributed by atoms with Crippen LogP contribution in [0.4, 0.5) is 0 Å². The second-order valence-corrected chi connectivity index (χ2v) is 8.53. The van der Waals surface area contributed by atoms with E-state index in [1.54, 1.807) is 12.1 Å². The van der Waals surface area contributed by atoms with Gasteiger partial charge in [-0.2, -0.15) is 0 Å². The van der Waals surface area contributed by atoms with Crippen LogP contribution in [0, 0.1) is 6.92 Å². The van der Waals surface area contributed by atoms with Crippen molar-refractivity contribution in [3.8, 4) is 22.3 Å². The van der Waals surface area contributed by atoms with Crippen molar-refractivity contribution in [2.75, 3.05) is 0 Å². The Bertz CT molecular complexity index is 1480. The van der Waals surface area contributed by atoms with E-state index in [1.807, 2.05) is 122 Å². The molecule has 0 saturated carbocycles. The fourth-order valence-corrected chi connectivity index (χ4v) is 4.40. The lowest BCUT2D eigenvalue weighted by molar-refractivity contribution is 0.102. The highest BCUT2D eigenvalue weighted by atomic mass is 16.1. The standard InChI is InChI=1S/C33H24O2/c1-23-17-19-27(20-18-23)33(35)29-22-21-28(32(34)26-15-9-4-10-16-26)30(24-11-5-2-6-12-24)31(29)25-13-7-3-8-14-25/h2-22H,1H3. The van der Waals surface area contributed by atoms with Gasteiger partial charge in [-0.1, -0.05) is 121 Å². The van der Waals surface area contributed by atoms with Crippen LogP contribution in [-0.2, 0) is 0 Å². The van der Waals surface area contributed by atoms with Crippen molar-refractivity contribution in [3.05, 3.63) is 155 Å². The van der Waals surface area contributed by atoms with Crippen LogP contribution in [0.3, 0.4) is 0 Å². The van der Waals surface area contributed by atoms with Gasteiger partial charge in [-0.25, -0.2) is 0 Å². The topological polar surface area (TPSA) is 34.1 Å². The molecule has 5 aromatic carbocycles. The molecule has 0 bridgehead atoms. The monoisotopic (exact) mass is 452 g/mol. The quantitative estimate of drug-likeness (QED) is 0.246. The molecule has 168 valence electrons. The number of aryl methyl sites for hydroxylation is 1. The SMILES string of the molecule is Cc1ccc(C(=O)c2ccc(C(=O)c3ccccc3)c(-c3ccccc3)c2-c2ccccc2)cc1. The third kappa shape index (κ3) is 4.47. The van der Waals surface area contributed by atoms with Crippen molar-refractivity contribution in [1.82, 2.24) is 0 Å². The molecule has 2 heteroatoms. The maximum Gasteiger partial charge on any atom is 0.193 e. The van der Waals surface area contributed by atoms with Gasteiger partial charge in [-0.3, -0.25) is 9.59 Å². The Kier molecular flexibility index (Phi) is 6.19. The molecular formula is C33H24O2. The van der Waals surface area contributed by atoms with E-state index in [9.17, 15) is 9.59 Å². The van der Waals surface area contributed by atoms with Crippen molar-refractivity contribution in [1.29, 1.82) is 0 Å². The first kappa shape index (κ1) is 22.2. The summed E-state index contributed by atoms with van der Waals surface area (Å²) in [6, 6.07) is 40.2. The Morgan fingerprint density at radius 3 is 1.23 bits per heavy atom. The van der Waals surface area contributed by atoms with Crippen LogP contribution in [0.1, 0.15) is 37.4 Å². The Hall–Kier alpha value is -4.56. The van der Waals surface area contributed by atoms with Crippen LogP contribution in [0.2, 0.25) is 0 Å². The van der Waals surface area contributed by atoms with Gasteiger partial charge < -0.3 is 0 Å². The lowest BCUT2D eigenvalue weighted by Gasteiger charge is -2.19. The predicted octanol–water partition coefficient (Wildman–Crippen LogP) is 7.79. The maximum absolute atomic E-state index is 13.8. The average molecular weight is 453 g/mol. The number of carbonyl (C=O) groups is 2. The van der Waals surface area contributed by atoms with Gasteiger partial charge in [0.2, 0.25) is 0 Å². The molecule has 0 saturated heterocycles. The highest BCUT2D eigenvalue weighted by molar-refractivity contribution is 6.20. The summed E-state index contributed by atoms with van der Waals surface area (Å²) in [4.78, 5) is 27.5. The molecular weight excluding hydrogens is 428 g/mol. The minimum absolute atomic E-state index is 0.0697. The smallest absolute Gasteiger partial charge is 0.193 e. The molecule has 0 aliphatic heterocycles. The van der Waals surface area contributed by atoms with E-state index in [1.165, 1.54) is 0 Å². The molecule has 0 unspecified atom stereocenters. The van der Waals surface area contributed by atoms with Crippen LogP contribution in [0.25, 0.3) is 22.3 Å². The molecule has 0 spiro atoms. The minimum atomic E-state index is -0.0732. The van der Waals surface area contributed by atoms with Crippen molar-refractivity contribution < 1.29 is 9.59 Å². The second-order valence-electron chi connectivity index (χ2n) is 8.53. The Balaban J connectivity index is 1.82. The van der Waals surface area contributed by atoms with Crippen LogP contribution in [-0.4, -0.2) is 11.6 Å². The van der Waals surface area contributed by atoms with Gasteiger partial charge in [-0.15, -0.1) is 0 Å². The third-order valence-corrected chi connectivity index (χ3v) is 6.17. The van der Waals surface area contributed by atoms with Crippen LogP contribution in [0.5, 0.6) is 0 Å². The molecule has 0 atom stereocenters. The zero-order valence-corrected chi connectivity index (χ0v) is 19.4. The summed E-state index contributed by atoms with van der Waals surface area (Å²) >= 11 is 0. The molecule has 5 rings (SSSR count). The first-order valence-corrected chi connectivity index (χ1v) is 11.6. The van der Waals surface area contributed by atoms with E-state index in [2.05, 4.69) is 0 Å². The highest BCUT2D eigenvalue weighted by Crippen LogP contribution is 2.39. The lowest BCUT2D eigenvalue weighted by Crippen LogP contribution is -2.10. The maximum atomic E-state index is 13.8. The molecule has 0 amide bonds. The van der Waals surface area contributed by atoms with E-state index in [4.69, 9.17) is 0 Å². The molecule has 0 N–H and O–H groups in total. The molecule has 0 aliphatic carbocycles. The van der Waals surface area contributed by atoms with Gasteiger partial charge in [0.1, 0.15) is 0 Å². The van der Waals surface area contributed by atoms with Gasteiger partial charge in [0.05, 0.1) is 0 Å². The fourth-order valence-electron chi connectivity index (χ4n) is 4.40. The first-order valence-electron chi connectivity index (χ1n) is 11.6. The van der Waals surface area contributed by atoms with Gasteiger partial charge in [0.25, 0.3) is 0 Å². The molecule has 0 heterocycles. The third-order valence-electron chi connectivity index (χ3n) is 6.17. The second kappa shape index (κ2) is 9.74. The number of rotatable bonds is 6. The van der Waals surface area contributed by atoms with Crippen LogP contribution in [0.15, 0.2) is 127 Å². The summed E-state index contributed by atoms with van der Waals surface area (Å²) in [6.45, 7) is 2.00. The fraction of sp³-hybridized carbons (Fsp3) is 0.0303. The van der Waals surface area contributed by atoms with Crippen molar-refractivity contribution in [3.63, 3.8) is 0 Å². The summed E-state index contributed by atoms with van der Waals surface area (Å²) in [7, 11) is 0. The molecule has 0 aromatic heterocycles. The van der Waals surface area contributed by atoms with Crippen LogP contribution >= 0.6 is 0 Å². The van der Waals surface area contributed by atoms with E-state index < -0.39 is 0 Å². The van der Waals surface area contributed by atoms with Gasteiger partial charge >= 0.3 is 0 Å². The summed E-state index contributed by atoms with van der Waals surface area (Å²) in [5.41, 5.74) is 6.79. The lowest BCUT2D eigenvalue weighted by atomic mass is 9.82. The zero-order valence-electron chi connectivity index (χ0n) is 19.4. The number of carbonyl (C=O) groups excluding carboxylic acids is 2. The normalized spacial score (nSPS) is 10.7. The number of hydrogen-bond donors (Lipinski definition) is 0. The Morgan fingerprint density at radius 1 is 0.429 bits per heavy atom. The van der Waals surface area contributed by atoms with Gasteiger partial charge in [0, 0.05) is 33.4 Å². The van der Waals surface area contributed by atoms with E-state index in [0.717, 1.165) is 27.8 Å². The summed E-state index contributed by atoms with van der Waals surface area (Å²) in [5, 5.41) is 0. The largest absolute Gasteiger partial charge is 0.289 e. The Morgan fingerprint density at radius 2 is 0.800 bits per heavy atom. The summed E-state index contributed by atoms with van der Waals surface area (Å²) < 4.78 is 0. The number of hydrogen-bond acceptors (Lipinski definition) is 2.